The van der Waals surface area contributed by atoms with E-state index in [-0.39, 0.29) is 24.1 Å². The highest BCUT2D eigenvalue weighted by molar-refractivity contribution is 7.98. The minimum absolute atomic E-state index is 0.0348. The number of fused-ring (bicyclic) bond motifs is 1. The Bertz CT molecular complexity index is 1340. The Hall–Kier alpha value is -3.72. The molecule has 2 amide bonds. The number of rotatable bonds is 6. The molecule has 0 bridgehead atoms. The summed E-state index contributed by atoms with van der Waals surface area (Å²) < 4.78 is 19.1. The van der Waals surface area contributed by atoms with E-state index in [2.05, 4.69) is 9.97 Å². The highest BCUT2D eigenvalue weighted by Gasteiger charge is 2.29. The van der Waals surface area contributed by atoms with E-state index < -0.39 is 0 Å². The van der Waals surface area contributed by atoms with Crippen molar-refractivity contribution in [3.8, 4) is 0 Å². The molecule has 4 aromatic rings. The van der Waals surface area contributed by atoms with Crippen molar-refractivity contribution in [2.24, 2.45) is 0 Å². The summed E-state index contributed by atoms with van der Waals surface area (Å²) in [6, 6.07) is 15.3. The molecule has 0 unspecified atom stereocenters. The molecule has 2 aromatic carbocycles. The number of carbonyl (C=O) groups is 2. The summed E-state index contributed by atoms with van der Waals surface area (Å²) in [6.45, 7) is 1.71. The van der Waals surface area contributed by atoms with Gasteiger partial charge in [-0.25, -0.2) is 14.4 Å². The van der Waals surface area contributed by atoms with Crippen molar-refractivity contribution in [3.05, 3.63) is 89.7 Å². The van der Waals surface area contributed by atoms with Crippen LogP contribution in [0.25, 0.3) is 11.0 Å². The molecule has 5 rings (SSSR count). The quantitative estimate of drug-likeness (QED) is 0.298. The number of carbonyl (C=O) groups excluding carboxylic acids is 2. The molecule has 35 heavy (non-hydrogen) atoms. The molecule has 0 radical (unpaired) electrons. The van der Waals surface area contributed by atoms with Gasteiger partial charge < -0.3 is 14.2 Å². The fourth-order valence-electron chi connectivity index (χ4n) is 4.10. The van der Waals surface area contributed by atoms with Gasteiger partial charge in [0.2, 0.25) is 5.91 Å². The van der Waals surface area contributed by atoms with Gasteiger partial charge in [0.1, 0.15) is 11.4 Å². The molecule has 178 valence electrons. The third kappa shape index (κ3) is 5.19. The zero-order chi connectivity index (χ0) is 24.2. The number of thioether (sulfide) groups is 1. The van der Waals surface area contributed by atoms with Crippen LogP contribution >= 0.6 is 11.8 Å². The van der Waals surface area contributed by atoms with Crippen LogP contribution in [0.3, 0.4) is 0 Å². The number of piperazine rings is 1. The van der Waals surface area contributed by atoms with Crippen LogP contribution in [0.4, 0.5) is 4.39 Å². The first-order valence-electron chi connectivity index (χ1n) is 11.3. The molecule has 2 aromatic heterocycles. The number of furan rings is 1. The lowest BCUT2D eigenvalue weighted by Crippen LogP contribution is -2.51. The predicted molar refractivity (Wildman–Crippen MR) is 130 cm³/mol. The maximum absolute atomic E-state index is 13.5. The number of hydrogen-bond acceptors (Lipinski definition) is 6. The molecular weight excluding hydrogens is 467 g/mol. The number of amides is 2. The largest absolute Gasteiger partial charge is 0.451 e. The van der Waals surface area contributed by atoms with Gasteiger partial charge in [0.05, 0.1) is 6.42 Å². The van der Waals surface area contributed by atoms with Crippen LogP contribution in [0.1, 0.15) is 21.7 Å². The lowest BCUT2D eigenvalue weighted by molar-refractivity contribution is -0.131. The lowest BCUT2D eigenvalue weighted by Gasteiger charge is -2.34. The van der Waals surface area contributed by atoms with Crippen molar-refractivity contribution in [2.45, 2.75) is 17.3 Å². The van der Waals surface area contributed by atoms with Crippen molar-refractivity contribution >= 4 is 34.5 Å². The number of hydrogen-bond donors (Lipinski definition) is 0. The molecule has 1 aliphatic rings. The molecule has 7 nitrogen and oxygen atoms in total. The summed E-state index contributed by atoms with van der Waals surface area (Å²) >= 11 is 1.45. The SMILES string of the molecule is O=C(Cc1ccc(F)cc1)N1CCN(C(=O)c2oc3ccccc3c2CSc2ncccn2)CC1. The fraction of sp³-hybridized carbons (Fsp3) is 0.231. The maximum atomic E-state index is 13.5. The van der Waals surface area contributed by atoms with E-state index in [9.17, 15) is 14.0 Å². The Kier molecular flexibility index (Phi) is 6.76. The molecular formula is C26H23FN4O3S. The second kappa shape index (κ2) is 10.3. The second-order valence-electron chi connectivity index (χ2n) is 8.20. The summed E-state index contributed by atoms with van der Waals surface area (Å²) in [5.74, 6) is 0.274. The number of para-hydroxylation sites is 1. The summed E-state index contributed by atoms with van der Waals surface area (Å²) in [7, 11) is 0. The van der Waals surface area contributed by atoms with Crippen LogP contribution in [0.2, 0.25) is 0 Å². The molecule has 0 atom stereocenters. The molecule has 0 saturated carbocycles. The van der Waals surface area contributed by atoms with E-state index in [1.54, 1.807) is 40.4 Å². The summed E-state index contributed by atoms with van der Waals surface area (Å²) in [5, 5.41) is 1.52. The minimum atomic E-state index is -0.326. The first-order valence-corrected chi connectivity index (χ1v) is 12.3. The summed E-state index contributed by atoms with van der Waals surface area (Å²) in [5.41, 5.74) is 2.24. The smallest absolute Gasteiger partial charge is 0.290 e. The van der Waals surface area contributed by atoms with Crippen LogP contribution < -0.4 is 0 Å². The minimum Gasteiger partial charge on any atom is -0.451 e. The standard InChI is InChI=1S/C26H23FN4O3S/c27-19-8-6-18(7-9-19)16-23(32)30-12-14-31(15-13-30)25(33)24-21(17-35-26-28-10-3-11-29-26)20-4-1-2-5-22(20)34-24/h1-11H,12-17H2. The second-order valence-corrected chi connectivity index (χ2v) is 9.14. The van der Waals surface area contributed by atoms with Gasteiger partial charge in [0, 0.05) is 55.3 Å². The van der Waals surface area contributed by atoms with E-state index in [1.807, 2.05) is 24.3 Å². The van der Waals surface area contributed by atoms with Crippen molar-refractivity contribution < 1.29 is 18.4 Å². The molecule has 3 heterocycles. The van der Waals surface area contributed by atoms with Crippen LogP contribution in [-0.2, 0) is 17.0 Å². The molecule has 9 heteroatoms. The van der Waals surface area contributed by atoms with Crippen LogP contribution in [0, 0.1) is 5.82 Å². The van der Waals surface area contributed by atoms with E-state index >= 15 is 0 Å². The van der Waals surface area contributed by atoms with Crippen LogP contribution in [-0.4, -0.2) is 57.8 Å². The Balaban J connectivity index is 1.27. The van der Waals surface area contributed by atoms with E-state index in [1.165, 1.54) is 23.9 Å². The number of benzene rings is 2. The third-order valence-corrected chi connectivity index (χ3v) is 6.87. The first kappa shape index (κ1) is 23.0. The number of nitrogens with zero attached hydrogens (tertiary/aromatic N) is 4. The summed E-state index contributed by atoms with van der Waals surface area (Å²) in [4.78, 5) is 38.1. The van der Waals surface area contributed by atoms with Gasteiger partial charge in [0.25, 0.3) is 5.91 Å². The third-order valence-electron chi connectivity index (χ3n) is 5.97. The molecule has 0 spiro atoms. The predicted octanol–water partition coefficient (Wildman–Crippen LogP) is 4.18. The topological polar surface area (TPSA) is 79.5 Å². The molecule has 0 N–H and O–H groups in total. The van der Waals surface area contributed by atoms with Crippen LogP contribution in [0.5, 0.6) is 0 Å². The van der Waals surface area contributed by atoms with Gasteiger partial charge in [-0.2, -0.15) is 0 Å². The highest BCUT2D eigenvalue weighted by Crippen LogP contribution is 2.32. The number of halogens is 1. The van der Waals surface area contributed by atoms with Gasteiger partial charge in [-0.15, -0.1) is 0 Å². The Morgan fingerprint density at radius 3 is 2.34 bits per heavy atom. The van der Waals surface area contributed by atoms with Crippen molar-refractivity contribution in [1.29, 1.82) is 0 Å². The normalized spacial score (nSPS) is 13.9. The van der Waals surface area contributed by atoms with Gasteiger partial charge in [-0.05, 0) is 29.8 Å². The Morgan fingerprint density at radius 2 is 1.60 bits per heavy atom. The highest BCUT2D eigenvalue weighted by atomic mass is 32.2. The lowest BCUT2D eigenvalue weighted by atomic mass is 10.1. The Morgan fingerprint density at radius 1 is 0.914 bits per heavy atom. The zero-order valence-electron chi connectivity index (χ0n) is 18.9. The van der Waals surface area contributed by atoms with Gasteiger partial charge in [0.15, 0.2) is 10.9 Å². The zero-order valence-corrected chi connectivity index (χ0v) is 19.7. The van der Waals surface area contributed by atoms with Gasteiger partial charge >= 0.3 is 0 Å². The van der Waals surface area contributed by atoms with E-state index in [0.29, 0.717) is 48.4 Å². The fourth-order valence-corrected chi connectivity index (χ4v) is 4.93. The Labute approximate surface area is 206 Å². The first-order chi connectivity index (χ1) is 17.1. The van der Waals surface area contributed by atoms with Gasteiger partial charge in [-0.1, -0.05) is 42.1 Å². The van der Waals surface area contributed by atoms with Gasteiger partial charge in [-0.3, -0.25) is 9.59 Å². The summed E-state index contributed by atoms with van der Waals surface area (Å²) in [6.07, 6.45) is 3.58. The van der Waals surface area contributed by atoms with E-state index in [0.717, 1.165) is 16.5 Å². The monoisotopic (exact) mass is 490 g/mol. The van der Waals surface area contributed by atoms with Crippen molar-refractivity contribution in [2.75, 3.05) is 26.2 Å². The van der Waals surface area contributed by atoms with Crippen molar-refractivity contribution in [3.63, 3.8) is 0 Å². The van der Waals surface area contributed by atoms with E-state index in [4.69, 9.17) is 4.42 Å². The molecule has 1 aliphatic heterocycles. The van der Waals surface area contributed by atoms with Crippen LogP contribution in [0.15, 0.2) is 76.6 Å². The van der Waals surface area contributed by atoms with Crippen molar-refractivity contribution in [1.82, 2.24) is 19.8 Å². The maximum Gasteiger partial charge on any atom is 0.290 e. The molecule has 1 saturated heterocycles. The molecule has 1 fully saturated rings. The average molecular weight is 491 g/mol. The average Bonchev–Trinajstić information content (AvgIpc) is 3.27. The number of aromatic nitrogens is 2. The molecule has 0 aliphatic carbocycles.